The molecule has 0 spiro atoms. The van der Waals surface area contributed by atoms with Crippen LogP contribution in [0.5, 0.6) is 0 Å². The van der Waals surface area contributed by atoms with Gasteiger partial charge >= 0.3 is 0 Å². The van der Waals surface area contributed by atoms with Crippen molar-refractivity contribution in [3.8, 4) is 0 Å². The smallest absolute Gasteiger partial charge is 0.0230 e. The summed E-state index contributed by atoms with van der Waals surface area (Å²) in [5.74, 6) is 0. The third kappa shape index (κ3) is 1.97. The first-order chi connectivity index (χ1) is 5.77. The molecule has 0 aliphatic heterocycles. The van der Waals surface area contributed by atoms with Gasteiger partial charge < -0.3 is 0 Å². The largest absolute Gasteiger partial charge is 0.0841 e. The van der Waals surface area contributed by atoms with Crippen LogP contribution in [0.1, 0.15) is 31.9 Å². The van der Waals surface area contributed by atoms with Crippen LogP contribution in [-0.4, -0.2) is 0 Å². The highest BCUT2D eigenvalue weighted by Crippen LogP contribution is 2.14. The molecule has 0 aromatic heterocycles. The lowest BCUT2D eigenvalue weighted by Crippen LogP contribution is -1.82. The molecular weight excluding hydrogens is 144 g/mol. The molecule has 0 heterocycles. The van der Waals surface area contributed by atoms with Crippen molar-refractivity contribution >= 4 is 5.57 Å². The van der Waals surface area contributed by atoms with Crippen molar-refractivity contribution in [1.82, 2.24) is 0 Å². The third-order valence-electron chi connectivity index (χ3n) is 2.25. The van der Waals surface area contributed by atoms with Gasteiger partial charge in [-0.25, -0.2) is 0 Å². The molecule has 12 heavy (non-hydrogen) atoms. The van der Waals surface area contributed by atoms with E-state index in [0.717, 1.165) is 6.42 Å². The molecule has 0 amide bonds. The minimum Gasteiger partial charge on any atom is -0.0841 e. The molecule has 1 rings (SSSR count). The molecule has 0 aliphatic carbocycles. The van der Waals surface area contributed by atoms with Gasteiger partial charge in [-0.15, -0.1) is 0 Å². The zero-order valence-electron chi connectivity index (χ0n) is 8.09. The Balaban J connectivity index is 2.92. The average molecular weight is 160 g/mol. The molecule has 0 unspecified atom stereocenters. The minimum absolute atomic E-state index is 1.12. The summed E-state index contributed by atoms with van der Waals surface area (Å²) in [6.45, 7) is 6.39. The molecule has 64 valence electrons. The predicted molar refractivity (Wildman–Crippen MR) is 55.1 cm³/mol. The molecule has 0 bridgehead atoms. The van der Waals surface area contributed by atoms with Crippen LogP contribution in [0.25, 0.3) is 5.57 Å². The first-order valence-corrected chi connectivity index (χ1v) is 4.50. The first-order valence-electron chi connectivity index (χ1n) is 4.50. The lowest BCUT2D eigenvalue weighted by Gasteiger charge is -2.01. The number of allylic oxidation sites excluding steroid dienone is 2. The van der Waals surface area contributed by atoms with E-state index in [1.165, 1.54) is 16.7 Å². The molecule has 0 N–H and O–H groups in total. The third-order valence-corrected chi connectivity index (χ3v) is 2.25. The second-order valence-corrected chi connectivity index (χ2v) is 3.02. The molecule has 0 saturated carbocycles. The van der Waals surface area contributed by atoms with E-state index in [4.69, 9.17) is 0 Å². The van der Waals surface area contributed by atoms with Gasteiger partial charge in [-0.1, -0.05) is 37.3 Å². The standard InChI is InChI=1S/C12H16/c1-4-10(3)12-8-6-11(5-2)7-9-12/h4,6-9H,5H2,1-3H3. The summed E-state index contributed by atoms with van der Waals surface area (Å²) in [6.07, 6.45) is 3.26. The van der Waals surface area contributed by atoms with Crippen LogP contribution in [0, 0.1) is 0 Å². The quantitative estimate of drug-likeness (QED) is 0.619. The molecule has 0 saturated heterocycles. The Morgan fingerprint density at radius 3 is 2.25 bits per heavy atom. The Morgan fingerprint density at radius 1 is 1.25 bits per heavy atom. The highest BCUT2D eigenvalue weighted by molar-refractivity contribution is 5.63. The highest BCUT2D eigenvalue weighted by Gasteiger charge is 1.93. The van der Waals surface area contributed by atoms with Crippen LogP contribution in [-0.2, 0) is 6.42 Å². The number of aryl methyl sites for hydroxylation is 1. The van der Waals surface area contributed by atoms with Crippen LogP contribution in [0.15, 0.2) is 30.3 Å². The number of hydrogen-bond donors (Lipinski definition) is 0. The van der Waals surface area contributed by atoms with Crippen molar-refractivity contribution in [2.24, 2.45) is 0 Å². The summed E-state index contributed by atoms with van der Waals surface area (Å²) >= 11 is 0. The van der Waals surface area contributed by atoms with Crippen LogP contribution in [0.4, 0.5) is 0 Å². The average Bonchev–Trinajstić information content (AvgIpc) is 2.17. The van der Waals surface area contributed by atoms with E-state index in [9.17, 15) is 0 Å². The fourth-order valence-electron chi connectivity index (χ4n) is 1.17. The van der Waals surface area contributed by atoms with Crippen molar-refractivity contribution in [2.75, 3.05) is 0 Å². The predicted octanol–water partition coefficient (Wildman–Crippen LogP) is 3.67. The SMILES string of the molecule is CC=C(C)c1ccc(CC)cc1. The van der Waals surface area contributed by atoms with Crippen molar-refractivity contribution < 1.29 is 0 Å². The van der Waals surface area contributed by atoms with Gasteiger partial charge in [0.15, 0.2) is 0 Å². The van der Waals surface area contributed by atoms with Crippen LogP contribution in [0.2, 0.25) is 0 Å². The van der Waals surface area contributed by atoms with Gasteiger partial charge in [0.25, 0.3) is 0 Å². The normalized spacial score (nSPS) is 11.8. The summed E-state index contributed by atoms with van der Waals surface area (Å²) < 4.78 is 0. The Kier molecular flexibility index (Phi) is 3.09. The Morgan fingerprint density at radius 2 is 1.83 bits per heavy atom. The van der Waals surface area contributed by atoms with Crippen molar-refractivity contribution in [3.05, 3.63) is 41.5 Å². The molecule has 0 fully saturated rings. The Labute approximate surface area is 74.9 Å². The summed E-state index contributed by atoms with van der Waals surface area (Å²) in [5.41, 5.74) is 4.08. The summed E-state index contributed by atoms with van der Waals surface area (Å²) in [5, 5.41) is 0. The molecule has 0 aliphatic rings. The number of benzene rings is 1. The van der Waals surface area contributed by atoms with E-state index in [-0.39, 0.29) is 0 Å². The monoisotopic (exact) mass is 160 g/mol. The van der Waals surface area contributed by atoms with E-state index in [1.807, 2.05) is 0 Å². The summed E-state index contributed by atoms with van der Waals surface area (Å²) in [7, 11) is 0. The maximum atomic E-state index is 2.20. The van der Waals surface area contributed by atoms with Crippen molar-refractivity contribution in [2.45, 2.75) is 27.2 Å². The van der Waals surface area contributed by atoms with Crippen LogP contribution in [0.3, 0.4) is 0 Å². The molecular formula is C12H16. The minimum atomic E-state index is 1.12. The molecule has 0 atom stereocenters. The Bertz CT molecular complexity index is 265. The van der Waals surface area contributed by atoms with Gasteiger partial charge in [-0.2, -0.15) is 0 Å². The van der Waals surface area contributed by atoms with Crippen LogP contribution < -0.4 is 0 Å². The lowest BCUT2D eigenvalue weighted by atomic mass is 10.0. The first kappa shape index (κ1) is 9.05. The van der Waals surface area contributed by atoms with Gasteiger partial charge in [0, 0.05) is 0 Å². The molecule has 0 heteroatoms. The highest BCUT2D eigenvalue weighted by atomic mass is 14.0. The van der Waals surface area contributed by atoms with Crippen LogP contribution >= 0.6 is 0 Å². The number of rotatable bonds is 2. The van der Waals surface area contributed by atoms with E-state index in [2.05, 4.69) is 51.1 Å². The number of hydrogen-bond acceptors (Lipinski definition) is 0. The van der Waals surface area contributed by atoms with Gasteiger partial charge in [0.1, 0.15) is 0 Å². The van der Waals surface area contributed by atoms with E-state index < -0.39 is 0 Å². The fraction of sp³-hybridized carbons (Fsp3) is 0.333. The second kappa shape index (κ2) is 4.10. The Hall–Kier alpha value is -1.04. The summed E-state index contributed by atoms with van der Waals surface area (Å²) in [4.78, 5) is 0. The molecule has 1 aromatic carbocycles. The van der Waals surface area contributed by atoms with Crippen molar-refractivity contribution in [3.63, 3.8) is 0 Å². The lowest BCUT2D eigenvalue weighted by molar-refractivity contribution is 1.14. The fourth-order valence-corrected chi connectivity index (χ4v) is 1.17. The molecule has 0 nitrogen and oxygen atoms in total. The molecule has 0 radical (unpaired) electrons. The summed E-state index contributed by atoms with van der Waals surface area (Å²) in [6, 6.07) is 8.77. The molecule has 1 aromatic rings. The topological polar surface area (TPSA) is 0 Å². The van der Waals surface area contributed by atoms with E-state index in [1.54, 1.807) is 0 Å². The zero-order chi connectivity index (χ0) is 8.97. The van der Waals surface area contributed by atoms with Gasteiger partial charge in [0.05, 0.1) is 0 Å². The zero-order valence-corrected chi connectivity index (χ0v) is 8.09. The van der Waals surface area contributed by atoms with Crippen molar-refractivity contribution in [1.29, 1.82) is 0 Å². The van der Waals surface area contributed by atoms with E-state index >= 15 is 0 Å². The van der Waals surface area contributed by atoms with E-state index in [0.29, 0.717) is 0 Å². The van der Waals surface area contributed by atoms with Gasteiger partial charge in [-0.3, -0.25) is 0 Å². The van der Waals surface area contributed by atoms with Gasteiger partial charge in [-0.05, 0) is 37.0 Å². The second-order valence-electron chi connectivity index (χ2n) is 3.02. The van der Waals surface area contributed by atoms with Gasteiger partial charge in [0.2, 0.25) is 0 Å². The maximum Gasteiger partial charge on any atom is -0.0230 e. The maximum absolute atomic E-state index is 2.20.